The molecule has 21 heavy (non-hydrogen) atoms. The van der Waals surface area contributed by atoms with Crippen molar-refractivity contribution < 1.29 is 13.2 Å². The van der Waals surface area contributed by atoms with Crippen molar-refractivity contribution in [2.24, 2.45) is 5.92 Å². The number of hydrogen-bond acceptors (Lipinski definition) is 5. The molecular weight excluding hydrogens is 294 g/mol. The highest BCUT2D eigenvalue weighted by Gasteiger charge is 2.22. The van der Waals surface area contributed by atoms with E-state index in [4.69, 9.17) is 0 Å². The van der Waals surface area contributed by atoms with E-state index in [0.717, 1.165) is 12.1 Å². The lowest BCUT2D eigenvalue weighted by Crippen LogP contribution is -2.47. The van der Waals surface area contributed by atoms with Gasteiger partial charge in [0.15, 0.2) is 0 Å². The monoisotopic (exact) mass is 317 g/mol. The molecular formula is C12H23N5O3S. The van der Waals surface area contributed by atoms with E-state index in [1.54, 1.807) is 0 Å². The number of carbonyl (C=O) groups excluding carboxylic acids is 1. The summed E-state index contributed by atoms with van der Waals surface area (Å²) in [5, 5.41) is 9.22. The van der Waals surface area contributed by atoms with Crippen LogP contribution in [-0.2, 0) is 21.2 Å². The highest BCUT2D eigenvalue weighted by atomic mass is 32.2. The maximum absolute atomic E-state index is 12.0. The van der Waals surface area contributed by atoms with Gasteiger partial charge in [-0.15, -0.1) is 0 Å². The summed E-state index contributed by atoms with van der Waals surface area (Å²) in [6.07, 6.45) is 4.32. The molecule has 1 heterocycles. The zero-order chi connectivity index (χ0) is 15.9. The largest absolute Gasteiger partial charge is 0.355 e. The van der Waals surface area contributed by atoms with Crippen molar-refractivity contribution in [2.45, 2.75) is 39.2 Å². The minimum Gasteiger partial charge on any atom is -0.355 e. The Morgan fingerprint density at radius 1 is 1.43 bits per heavy atom. The van der Waals surface area contributed by atoms with Crippen molar-refractivity contribution in [2.75, 3.05) is 12.8 Å². The van der Waals surface area contributed by atoms with Gasteiger partial charge >= 0.3 is 0 Å². The lowest BCUT2D eigenvalue weighted by atomic mass is 10.0. The molecule has 0 radical (unpaired) electrons. The van der Waals surface area contributed by atoms with Gasteiger partial charge < -0.3 is 5.32 Å². The van der Waals surface area contributed by atoms with Crippen molar-refractivity contribution in [3.05, 3.63) is 12.2 Å². The number of hydrogen-bond donors (Lipinski definition) is 3. The molecule has 1 rings (SSSR count). The second kappa shape index (κ2) is 8.08. The summed E-state index contributed by atoms with van der Waals surface area (Å²) >= 11 is 0. The first kappa shape index (κ1) is 17.6. The summed E-state index contributed by atoms with van der Waals surface area (Å²) in [5.74, 6) is 0.674. The molecule has 0 saturated carbocycles. The van der Waals surface area contributed by atoms with Crippen LogP contribution in [0.1, 0.15) is 32.5 Å². The van der Waals surface area contributed by atoms with Gasteiger partial charge in [0.1, 0.15) is 18.2 Å². The Balaban J connectivity index is 2.40. The third kappa shape index (κ3) is 7.76. The topological polar surface area (TPSA) is 117 Å². The smallest absolute Gasteiger partial charge is 0.238 e. The minimum absolute atomic E-state index is 0.212. The molecule has 120 valence electrons. The minimum atomic E-state index is -3.41. The number of nitrogens with one attached hydrogen (secondary N) is 3. The van der Waals surface area contributed by atoms with Gasteiger partial charge in [-0.05, 0) is 18.8 Å². The van der Waals surface area contributed by atoms with E-state index in [-0.39, 0.29) is 11.8 Å². The molecule has 0 aliphatic carbocycles. The third-order valence-electron chi connectivity index (χ3n) is 2.73. The second-order valence-electron chi connectivity index (χ2n) is 5.40. The maximum Gasteiger partial charge on any atom is 0.238 e. The molecule has 0 saturated heterocycles. The first-order valence-electron chi connectivity index (χ1n) is 6.87. The zero-order valence-electron chi connectivity index (χ0n) is 12.6. The molecule has 0 aromatic carbocycles. The molecule has 1 unspecified atom stereocenters. The van der Waals surface area contributed by atoms with Crippen LogP contribution in [-0.4, -0.2) is 48.3 Å². The average Bonchev–Trinajstić information content (AvgIpc) is 2.84. The molecule has 8 nitrogen and oxygen atoms in total. The molecule has 1 aromatic rings. The van der Waals surface area contributed by atoms with Gasteiger partial charge in [-0.2, -0.15) is 5.10 Å². The van der Waals surface area contributed by atoms with E-state index in [0.29, 0.717) is 25.8 Å². The van der Waals surface area contributed by atoms with Gasteiger partial charge in [0.05, 0.1) is 6.26 Å². The number of amides is 1. The Bertz CT molecular complexity index is 527. The van der Waals surface area contributed by atoms with Crippen LogP contribution in [0.2, 0.25) is 0 Å². The fraction of sp³-hybridized carbons (Fsp3) is 0.750. The van der Waals surface area contributed by atoms with Crippen LogP contribution in [0.3, 0.4) is 0 Å². The first-order valence-corrected chi connectivity index (χ1v) is 8.76. The summed E-state index contributed by atoms with van der Waals surface area (Å²) in [6, 6.07) is -0.731. The van der Waals surface area contributed by atoms with Gasteiger partial charge in [-0.1, -0.05) is 13.8 Å². The van der Waals surface area contributed by atoms with Crippen LogP contribution >= 0.6 is 0 Å². The van der Waals surface area contributed by atoms with E-state index < -0.39 is 16.1 Å². The van der Waals surface area contributed by atoms with E-state index in [1.165, 1.54) is 6.33 Å². The molecule has 0 aliphatic rings. The van der Waals surface area contributed by atoms with Crippen molar-refractivity contribution in [1.29, 1.82) is 0 Å². The Hall–Kier alpha value is -1.48. The van der Waals surface area contributed by atoms with E-state index >= 15 is 0 Å². The van der Waals surface area contributed by atoms with Gasteiger partial charge in [-0.25, -0.2) is 18.1 Å². The number of aryl methyl sites for hydroxylation is 1. The predicted octanol–water partition coefficient (Wildman–Crippen LogP) is -0.183. The highest BCUT2D eigenvalue weighted by molar-refractivity contribution is 7.88. The van der Waals surface area contributed by atoms with Crippen molar-refractivity contribution in [1.82, 2.24) is 25.2 Å². The Kier molecular flexibility index (Phi) is 6.76. The van der Waals surface area contributed by atoms with Crippen LogP contribution in [0.4, 0.5) is 0 Å². The molecule has 1 aromatic heterocycles. The first-order chi connectivity index (χ1) is 9.78. The summed E-state index contributed by atoms with van der Waals surface area (Å²) in [6.45, 7) is 4.34. The van der Waals surface area contributed by atoms with E-state index in [2.05, 4.69) is 25.2 Å². The SMILES string of the molecule is CC(C)CC(NS(C)(=O)=O)C(=O)NCCCc1ncn[nH]1. The van der Waals surface area contributed by atoms with Crippen LogP contribution in [0.15, 0.2) is 6.33 Å². The van der Waals surface area contributed by atoms with E-state index in [1.807, 2.05) is 13.8 Å². The lowest BCUT2D eigenvalue weighted by Gasteiger charge is -2.19. The predicted molar refractivity (Wildman–Crippen MR) is 78.9 cm³/mol. The number of nitrogens with zero attached hydrogens (tertiary/aromatic N) is 2. The number of aromatic nitrogens is 3. The Morgan fingerprint density at radius 3 is 2.67 bits per heavy atom. The third-order valence-corrected chi connectivity index (χ3v) is 3.45. The summed E-state index contributed by atoms with van der Waals surface area (Å²) in [7, 11) is -3.41. The highest BCUT2D eigenvalue weighted by Crippen LogP contribution is 2.06. The fourth-order valence-electron chi connectivity index (χ4n) is 1.88. The maximum atomic E-state index is 12.0. The van der Waals surface area contributed by atoms with Gasteiger partial charge in [0.2, 0.25) is 15.9 Å². The normalized spacial score (nSPS) is 13.3. The number of aromatic amines is 1. The van der Waals surface area contributed by atoms with Crippen LogP contribution < -0.4 is 10.0 Å². The number of carbonyl (C=O) groups is 1. The quantitative estimate of drug-likeness (QED) is 0.546. The Labute approximate surface area is 125 Å². The van der Waals surface area contributed by atoms with Crippen LogP contribution in [0.5, 0.6) is 0 Å². The molecule has 0 bridgehead atoms. The van der Waals surface area contributed by atoms with Crippen molar-refractivity contribution in [3.8, 4) is 0 Å². The molecule has 9 heteroatoms. The van der Waals surface area contributed by atoms with Crippen molar-refractivity contribution >= 4 is 15.9 Å². The van der Waals surface area contributed by atoms with Crippen molar-refractivity contribution in [3.63, 3.8) is 0 Å². The van der Waals surface area contributed by atoms with Gasteiger partial charge in [0, 0.05) is 13.0 Å². The Morgan fingerprint density at radius 2 is 2.14 bits per heavy atom. The molecule has 0 aliphatic heterocycles. The molecule has 3 N–H and O–H groups in total. The number of sulfonamides is 1. The van der Waals surface area contributed by atoms with Crippen LogP contribution in [0.25, 0.3) is 0 Å². The summed E-state index contributed by atoms with van der Waals surface area (Å²) in [4.78, 5) is 16.0. The molecule has 0 fully saturated rings. The molecule has 1 atom stereocenters. The summed E-state index contributed by atoms with van der Waals surface area (Å²) in [5.41, 5.74) is 0. The molecule has 0 spiro atoms. The van der Waals surface area contributed by atoms with Crippen LogP contribution in [0, 0.1) is 5.92 Å². The second-order valence-corrected chi connectivity index (χ2v) is 7.18. The number of H-pyrrole nitrogens is 1. The van der Waals surface area contributed by atoms with Gasteiger partial charge in [0.25, 0.3) is 0 Å². The standard InChI is InChI=1S/C12H23N5O3S/c1-9(2)7-10(17-21(3,19)20)12(18)13-6-4-5-11-14-8-15-16-11/h8-10,17H,4-7H2,1-3H3,(H,13,18)(H,14,15,16). The van der Waals surface area contributed by atoms with Gasteiger partial charge in [-0.3, -0.25) is 9.89 Å². The molecule has 1 amide bonds. The number of rotatable bonds is 9. The zero-order valence-corrected chi connectivity index (χ0v) is 13.4. The fourth-order valence-corrected chi connectivity index (χ4v) is 2.60. The average molecular weight is 317 g/mol. The lowest BCUT2D eigenvalue weighted by molar-refractivity contribution is -0.123. The van der Waals surface area contributed by atoms with E-state index in [9.17, 15) is 13.2 Å². The summed E-state index contributed by atoms with van der Waals surface area (Å²) < 4.78 is 25.0.